The number of hydrogen-bond donors (Lipinski definition) is 2. The Labute approximate surface area is 139 Å². The Kier molecular flexibility index (Phi) is 6.21. The van der Waals surface area contributed by atoms with Crippen LogP contribution in [0.5, 0.6) is 5.75 Å². The molecule has 1 aromatic carbocycles. The number of nitrogens with two attached hydrogens (primary N) is 1. The van der Waals surface area contributed by atoms with Crippen LogP contribution < -0.4 is 10.5 Å². The van der Waals surface area contributed by atoms with Gasteiger partial charge in [-0.05, 0) is 34.7 Å². The molecule has 0 atom stereocenters. The number of amides is 2. The number of carboxylic acids is 1. The molecule has 0 saturated carbocycles. The molecule has 9 heteroatoms. The average Bonchev–Trinajstić information content (AvgIpc) is 2.38. The maximum absolute atomic E-state index is 12.4. The van der Waals surface area contributed by atoms with Crippen LogP contribution in [0, 0.1) is 3.57 Å². The first kappa shape index (κ1) is 17.5. The van der Waals surface area contributed by atoms with Gasteiger partial charge in [-0.25, -0.2) is 0 Å². The lowest BCUT2D eigenvalue weighted by atomic mass is 10.1. The normalized spacial score (nSPS) is 10.0. The van der Waals surface area contributed by atoms with Crippen LogP contribution in [0.1, 0.15) is 10.4 Å². The maximum atomic E-state index is 12.4. The predicted octanol–water partition coefficient (Wildman–Crippen LogP) is 0.965. The summed E-state index contributed by atoms with van der Waals surface area (Å²) in [6, 6.07) is 2.90. The summed E-state index contributed by atoms with van der Waals surface area (Å²) in [6.07, 6.45) is 0. The molecular formula is C12H12ClIN2O5. The number of primary amides is 1. The number of hydrogen-bond acceptors (Lipinski definition) is 4. The number of aliphatic carboxylic acids is 1. The van der Waals surface area contributed by atoms with Crippen LogP contribution >= 0.6 is 34.2 Å². The second-order valence-corrected chi connectivity index (χ2v) is 5.56. The van der Waals surface area contributed by atoms with Crippen LogP contribution in [-0.2, 0) is 9.59 Å². The zero-order chi connectivity index (χ0) is 16.2. The molecule has 0 aliphatic carbocycles. The molecule has 0 saturated heterocycles. The zero-order valence-electron chi connectivity index (χ0n) is 10.9. The molecule has 0 aromatic heterocycles. The van der Waals surface area contributed by atoms with Gasteiger partial charge in [0.25, 0.3) is 5.91 Å². The van der Waals surface area contributed by atoms with Crippen LogP contribution in [0.25, 0.3) is 0 Å². The van der Waals surface area contributed by atoms with E-state index in [9.17, 15) is 14.4 Å². The highest BCUT2D eigenvalue weighted by Gasteiger charge is 2.24. The highest BCUT2D eigenvalue weighted by Crippen LogP contribution is 2.29. The van der Waals surface area contributed by atoms with E-state index in [1.165, 1.54) is 13.2 Å². The van der Waals surface area contributed by atoms with Gasteiger partial charge in [-0.2, -0.15) is 0 Å². The Bertz CT molecular complexity index is 577. The molecule has 3 N–H and O–H groups in total. The number of carbonyl (C=O) groups excluding carboxylic acids is 2. The monoisotopic (exact) mass is 426 g/mol. The summed E-state index contributed by atoms with van der Waals surface area (Å²) in [5, 5.41) is 9.13. The Hall–Kier alpha value is -1.55. The van der Waals surface area contributed by atoms with E-state index in [1.54, 1.807) is 6.07 Å². The van der Waals surface area contributed by atoms with Crippen molar-refractivity contribution in [3.63, 3.8) is 0 Å². The van der Waals surface area contributed by atoms with Gasteiger partial charge in [0.15, 0.2) is 0 Å². The standard InChI is InChI=1S/C12H12ClIN2O5/c1-21-9-3-8(14)7(13)2-6(9)12(20)16(4-10(15)17)5-11(18)19/h2-3H,4-5H2,1H3,(H2,15,17)(H,18,19). The minimum atomic E-state index is -1.26. The molecule has 0 fully saturated rings. The fourth-order valence-corrected chi connectivity index (χ4v) is 2.19. The van der Waals surface area contributed by atoms with E-state index in [-0.39, 0.29) is 11.3 Å². The average molecular weight is 427 g/mol. The van der Waals surface area contributed by atoms with E-state index in [4.69, 9.17) is 27.2 Å². The van der Waals surface area contributed by atoms with Crippen molar-refractivity contribution in [1.29, 1.82) is 0 Å². The van der Waals surface area contributed by atoms with E-state index in [0.717, 1.165) is 4.90 Å². The van der Waals surface area contributed by atoms with Crippen molar-refractivity contribution < 1.29 is 24.2 Å². The SMILES string of the molecule is COc1cc(I)c(Cl)cc1C(=O)N(CC(N)=O)CC(=O)O. The Morgan fingerprint density at radius 1 is 1.38 bits per heavy atom. The molecule has 0 radical (unpaired) electrons. The number of halogens is 2. The summed E-state index contributed by atoms with van der Waals surface area (Å²) in [4.78, 5) is 35.0. The van der Waals surface area contributed by atoms with Gasteiger partial charge in [0.1, 0.15) is 18.8 Å². The summed E-state index contributed by atoms with van der Waals surface area (Å²) in [6.45, 7) is -1.17. The lowest BCUT2D eigenvalue weighted by Crippen LogP contribution is -2.41. The summed E-state index contributed by atoms with van der Waals surface area (Å²) in [5.41, 5.74) is 5.09. The quantitative estimate of drug-likeness (QED) is 0.659. The van der Waals surface area contributed by atoms with E-state index in [2.05, 4.69) is 0 Å². The van der Waals surface area contributed by atoms with Crippen molar-refractivity contribution in [2.24, 2.45) is 5.73 Å². The number of carboxylic acid groups (broad SMARTS) is 1. The van der Waals surface area contributed by atoms with E-state index in [0.29, 0.717) is 8.59 Å². The predicted molar refractivity (Wildman–Crippen MR) is 83.5 cm³/mol. The lowest BCUT2D eigenvalue weighted by Gasteiger charge is -2.20. The lowest BCUT2D eigenvalue weighted by molar-refractivity contribution is -0.138. The fourth-order valence-electron chi connectivity index (χ4n) is 1.59. The number of ether oxygens (including phenoxy) is 1. The van der Waals surface area contributed by atoms with Gasteiger partial charge in [0.2, 0.25) is 5.91 Å². The van der Waals surface area contributed by atoms with Crippen LogP contribution in [0.4, 0.5) is 0 Å². The molecule has 0 aliphatic rings. The minimum absolute atomic E-state index is 0.0606. The van der Waals surface area contributed by atoms with Crippen LogP contribution in [-0.4, -0.2) is 48.0 Å². The first-order valence-corrected chi connectivity index (χ1v) is 7.04. The largest absolute Gasteiger partial charge is 0.496 e. The van der Waals surface area contributed by atoms with Crippen LogP contribution in [0.3, 0.4) is 0 Å². The number of methoxy groups -OCH3 is 1. The Morgan fingerprint density at radius 2 is 2.00 bits per heavy atom. The molecule has 2 amide bonds. The smallest absolute Gasteiger partial charge is 0.323 e. The molecule has 7 nitrogen and oxygen atoms in total. The third kappa shape index (κ3) is 4.74. The third-order valence-corrected chi connectivity index (χ3v) is 3.96. The van der Waals surface area contributed by atoms with E-state index in [1.807, 2.05) is 22.6 Å². The third-order valence-electron chi connectivity index (χ3n) is 2.43. The molecule has 0 aliphatic heterocycles. The summed E-state index contributed by atoms with van der Waals surface area (Å²) >= 11 is 7.93. The number of nitrogens with zero attached hydrogens (tertiary/aromatic N) is 1. The van der Waals surface area contributed by atoms with Gasteiger partial charge in [0.05, 0.1) is 17.7 Å². The van der Waals surface area contributed by atoms with Gasteiger partial charge >= 0.3 is 5.97 Å². The second-order valence-electron chi connectivity index (χ2n) is 3.99. The van der Waals surface area contributed by atoms with Crippen molar-refractivity contribution in [1.82, 2.24) is 4.90 Å². The maximum Gasteiger partial charge on any atom is 0.323 e. The van der Waals surface area contributed by atoms with Crippen LogP contribution in [0.15, 0.2) is 12.1 Å². The molecule has 0 heterocycles. The molecule has 114 valence electrons. The molecule has 1 aromatic rings. The first-order valence-electron chi connectivity index (χ1n) is 5.58. The van der Waals surface area contributed by atoms with Gasteiger partial charge < -0.3 is 20.5 Å². The van der Waals surface area contributed by atoms with Gasteiger partial charge in [-0.15, -0.1) is 0 Å². The van der Waals surface area contributed by atoms with Crippen molar-refractivity contribution in [3.05, 3.63) is 26.3 Å². The minimum Gasteiger partial charge on any atom is -0.496 e. The van der Waals surface area contributed by atoms with Gasteiger partial charge in [-0.1, -0.05) is 11.6 Å². The fraction of sp³-hybridized carbons (Fsp3) is 0.250. The van der Waals surface area contributed by atoms with Crippen molar-refractivity contribution in [2.75, 3.05) is 20.2 Å². The van der Waals surface area contributed by atoms with Crippen molar-refractivity contribution in [2.45, 2.75) is 0 Å². The summed E-state index contributed by atoms with van der Waals surface area (Å²) < 4.78 is 5.76. The molecular weight excluding hydrogens is 414 g/mol. The van der Waals surface area contributed by atoms with Gasteiger partial charge in [-0.3, -0.25) is 14.4 Å². The van der Waals surface area contributed by atoms with E-state index >= 15 is 0 Å². The summed E-state index contributed by atoms with van der Waals surface area (Å²) in [7, 11) is 1.37. The molecule has 0 bridgehead atoms. The molecule has 21 heavy (non-hydrogen) atoms. The molecule has 0 spiro atoms. The molecule has 1 rings (SSSR count). The van der Waals surface area contributed by atoms with Crippen LogP contribution in [0.2, 0.25) is 5.02 Å². The Morgan fingerprint density at radius 3 is 2.48 bits per heavy atom. The van der Waals surface area contributed by atoms with E-state index < -0.39 is 30.9 Å². The zero-order valence-corrected chi connectivity index (χ0v) is 13.8. The highest BCUT2D eigenvalue weighted by molar-refractivity contribution is 14.1. The number of carbonyl (C=O) groups is 3. The molecule has 0 unspecified atom stereocenters. The van der Waals surface area contributed by atoms with Gasteiger partial charge in [0, 0.05) is 3.57 Å². The Balaban J connectivity index is 3.21. The van der Waals surface area contributed by atoms with Crippen molar-refractivity contribution >= 4 is 52.0 Å². The topological polar surface area (TPSA) is 110 Å². The number of benzene rings is 1. The first-order chi connectivity index (χ1) is 9.76. The van der Waals surface area contributed by atoms with Crippen molar-refractivity contribution in [3.8, 4) is 5.75 Å². The number of rotatable bonds is 6. The second kappa shape index (κ2) is 7.46. The summed E-state index contributed by atoms with van der Waals surface area (Å²) in [5.74, 6) is -2.56. The highest BCUT2D eigenvalue weighted by atomic mass is 127.